The molecule has 7 nitrogen and oxygen atoms in total. The average Bonchev–Trinajstić information content (AvgIpc) is 2.68. The monoisotopic (exact) mass is 358 g/mol. The normalized spacial score (nSPS) is 18.6. The molecule has 0 aromatic heterocycles. The zero-order valence-electron chi connectivity index (χ0n) is 15.2. The maximum Gasteiger partial charge on any atom is 0.321 e. The van der Waals surface area contributed by atoms with Gasteiger partial charge in [0.15, 0.2) is 0 Å². The standard InChI is InChI=1S/C19H26N4O3/c1-20-18(25)14-5-4-6-15(13-14)21-19(26)22-11-8-16(9-12-22)23-10-3-2-7-17(23)24/h4-6,13,16H,2-3,7-12H2,1H3,(H,20,25)(H,21,26). The van der Waals surface area contributed by atoms with E-state index in [2.05, 4.69) is 10.6 Å². The smallest absolute Gasteiger partial charge is 0.321 e. The van der Waals surface area contributed by atoms with E-state index in [0.717, 1.165) is 32.2 Å². The largest absolute Gasteiger partial charge is 0.355 e. The lowest BCUT2D eigenvalue weighted by Crippen LogP contribution is -2.50. The van der Waals surface area contributed by atoms with Gasteiger partial charge in [-0.3, -0.25) is 9.59 Å². The van der Waals surface area contributed by atoms with Crippen LogP contribution in [-0.4, -0.2) is 60.4 Å². The lowest BCUT2D eigenvalue weighted by Gasteiger charge is -2.40. The van der Waals surface area contributed by atoms with E-state index >= 15 is 0 Å². The number of carbonyl (C=O) groups is 3. The summed E-state index contributed by atoms with van der Waals surface area (Å²) >= 11 is 0. The van der Waals surface area contributed by atoms with E-state index in [0.29, 0.717) is 30.8 Å². The molecule has 2 heterocycles. The van der Waals surface area contributed by atoms with E-state index in [-0.39, 0.29) is 23.9 Å². The van der Waals surface area contributed by atoms with Crippen LogP contribution < -0.4 is 10.6 Å². The van der Waals surface area contributed by atoms with Crippen molar-refractivity contribution in [3.8, 4) is 0 Å². The van der Waals surface area contributed by atoms with Crippen LogP contribution >= 0.6 is 0 Å². The van der Waals surface area contributed by atoms with Gasteiger partial charge < -0.3 is 20.4 Å². The molecule has 1 aromatic carbocycles. The molecule has 0 aliphatic carbocycles. The predicted molar refractivity (Wildman–Crippen MR) is 99.0 cm³/mol. The highest BCUT2D eigenvalue weighted by molar-refractivity contribution is 5.96. The molecule has 1 aromatic rings. The number of amides is 4. The molecule has 0 saturated carbocycles. The predicted octanol–water partition coefficient (Wildman–Crippen LogP) is 2.05. The Kier molecular flexibility index (Phi) is 5.75. The highest BCUT2D eigenvalue weighted by Gasteiger charge is 2.30. The number of likely N-dealkylation sites (tertiary alicyclic amines) is 2. The van der Waals surface area contributed by atoms with Gasteiger partial charge in [0.1, 0.15) is 0 Å². The third-order valence-electron chi connectivity index (χ3n) is 5.16. The van der Waals surface area contributed by atoms with Crippen molar-refractivity contribution in [3.05, 3.63) is 29.8 Å². The zero-order chi connectivity index (χ0) is 18.5. The number of nitrogens with zero attached hydrogens (tertiary/aromatic N) is 2. The van der Waals surface area contributed by atoms with Crippen molar-refractivity contribution in [2.24, 2.45) is 0 Å². The first-order valence-electron chi connectivity index (χ1n) is 9.26. The van der Waals surface area contributed by atoms with Gasteiger partial charge in [-0.25, -0.2) is 4.79 Å². The molecule has 7 heteroatoms. The number of urea groups is 1. The summed E-state index contributed by atoms with van der Waals surface area (Å²) in [5, 5.41) is 5.43. The molecule has 140 valence electrons. The van der Waals surface area contributed by atoms with Gasteiger partial charge in [-0.15, -0.1) is 0 Å². The van der Waals surface area contributed by atoms with Crippen LogP contribution in [0.4, 0.5) is 10.5 Å². The Balaban J connectivity index is 1.54. The van der Waals surface area contributed by atoms with Crippen LogP contribution in [0.25, 0.3) is 0 Å². The summed E-state index contributed by atoms with van der Waals surface area (Å²) in [6, 6.07) is 6.97. The highest BCUT2D eigenvalue weighted by atomic mass is 16.2. The van der Waals surface area contributed by atoms with Gasteiger partial charge in [-0.2, -0.15) is 0 Å². The lowest BCUT2D eigenvalue weighted by atomic mass is 10.00. The third-order valence-corrected chi connectivity index (χ3v) is 5.16. The number of rotatable bonds is 3. The molecular formula is C19H26N4O3. The number of carbonyl (C=O) groups excluding carboxylic acids is 3. The van der Waals surface area contributed by atoms with Crippen LogP contribution in [0.2, 0.25) is 0 Å². The summed E-state index contributed by atoms with van der Waals surface area (Å²) in [5.74, 6) is 0.0679. The minimum absolute atomic E-state index is 0.164. The van der Waals surface area contributed by atoms with Crippen LogP contribution in [0.1, 0.15) is 42.5 Å². The molecule has 2 fully saturated rings. The number of anilines is 1. The van der Waals surface area contributed by atoms with Gasteiger partial charge in [-0.1, -0.05) is 6.07 Å². The van der Waals surface area contributed by atoms with Crippen molar-refractivity contribution in [3.63, 3.8) is 0 Å². The van der Waals surface area contributed by atoms with Gasteiger partial charge in [0.25, 0.3) is 5.91 Å². The molecular weight excluding hydrogens is 332 g/mol. The fourth-order valence-corrected chi connectivity index (χ4v) is 3.68. The fraction of sp³-hybridized carbons (Fsp3) is 0.526. The van der Waals surface area contributed by atoms with Crippen LogP contribution in [0.5, 0.6) is 0 Å². The molecule has 0 bridgehead atoms. The van der Waals surface area contributed by atoms with Crippen molar-refractivity contribution in [2.75, 3.05) is 32.0 Å². The summed E-state index contributed by atoms with van der Waals surface area (Å²) in [5.41, 5.74) is 1.11. The zero-order valence-corrected chi connectivity index (χ0v) is 15.2. The Morgan fingerprint density at radius 1 is 1.12 bits per heavy atom. The van der Waals surface area contributed by atoms with Crippen LogP contribution in [0, 0.1) is 0 Å². The summed E-state index contributed by atoms with van der Waals surface area (Å²) in [4.78, 5) is 40.0. The maximum atomic E-state index is 12.5. The molecule has 0 spiro atoms. The molecule has 0 atom stereocenters. The first-order valence-corrected chi connectivity index (χ1v) is 9.26. The van der Waals surface area contributed by atoms with E-state index in [1.54, 1.807) is 36.2 Å². The van der Waals surface area contributed by atoms with Gasteiger partial charge in [0.2, 0.25) is 5.91 Å². The topological polar surface area (TPSA) is 81.8 Å². The number of nitrogens with one attached hydrogen (secondary N) is 2. The Morgan fingerprint density at radius 3 is 2.58 bits per heavy atom. The van der Waals surface area contributed by atoms with Crippen LogP contribution in [0.15, 0.2) is 24.3 Å². The quantitative estimate of drug-likeness (QED) is 0.868. The number of hydrogen-bond acceptors (Lipinski definition) is 3. The Labute approximate surface area is 153 Å². The number of hydrogen-bond donors (Lipinski definition) is 2. The second kappa shape index (κ2) is 8.21. The van der Waals surface area contributed by atoms with E-state index in [1.165, 1.54) is 0 Å². The lowest BCUT2D eigenvalue weighted by molar-refractivity contribution is -0.136. The molecule has 26 heavy (non-hydrogen) atoms. The van der Waals surface area contributed by atoms with E-state index in [4.69, 9.17) is 0 Å². The van der Waals surface area contributed by atoms with Crippen molar-refractivity contribution in [1.29, 1.82) is 0 Å². The average molecular weight is 358 g/mol. The SMILES string of the molecule is CNC(=O)c1cccc(NC(=O)N2CCC(N3CCCCC3=O)CC2)c1. The fourth-order valence-electron chi connectivity index (χ4n) is 3.68. The summed E-state index contributed by atoms with van der Waals surface area (Å²) in [7, 11) is 1.57. The molecule has 4 amide bonds. The van der Waals surface area contributed by atoms with Gasteiger partial charge >= 0.3 is 6.03 Å². The van der Waals surface area contributed by atoms with E-state index < -0.39 is 0 Å². The minimum atomic E-state index is -0.187. The van der Waals surface area contributed by atoms with E-state index in [1.807, 2.05) is 4.90 Å². The van der Waals surface area contributed by atoms with Crippen molar-refractivity contribution in [1.82, 2.24) is 15.1 Å². The summed E-state index contributed by atoms with van der Waals surface area (Å²) in [6.07, 6.45) is 4.36. The second-order valence-electron chi connectivity index (χ2n) is 6.85. The molecule has 2 aliphatic heterocycles. The molecule has 0 radical (unpaired) electrons. The van der Waals surface area contributed by atoms with Gasteiger partial charge in [0, 0.05) is 50.4 Å². The summed E-state index contributed by atoms with van der Waals surface area (Å²) < 4.78 is 0. The maximum absolute atomic E-state index is 12.5. The summed E-state index contributed by atoms with van der Waals surface area (Å²) in [6.45, 7) is 2.12. The van der Waals surface area contributed by atoms with Crippen LogP contribution in [0.3, 0.4) is 0 Å². The minimum Gasteiger partial charge on any atom is -0.355 e. The molecule has 0 unspecified atom stereocenters. The first kappa shape index (κ1) is 18.2. The third kappa shape index (κ3) is 4.15. The van der Waals surface area contributed by atoms with Crippen LogP contribution in [-0.2, 0) is 4.79 Å². The van der Waals surface area contributed by atoms with E-state index in [9.17, 15) is 14.4 Å². The van der Waals surface area contributed by atoms with Crippen molar-refractivity contribution in [2.45, 2.75) is 38.1 Å². The molecule has 2 N–H and O–H groups in total. The van der Waals surface area contributed by atoms with Crippen molar-refractivity contribution < 1.29 is 14.4 Å². The molecule has 2 aliphatic rings. The molecule has 2 saturated heterocycles. The Bertz CT molecular complexity index is 683. The first-order chi connectivity index (χ1) is 12.6. The highest BCUT2D eigenvalue weighted by Crippen LogP contribution is 2.22. The Hall–Kier alpha value is -2.57. The van der Waals surface area contributed by atoms with Gasteiger partial charge in [0.05, 0.1) is 0 Å². The number of piperidine rings is 2. The molecule has 3 rings (SSSR count). The second-order valence-corrected chi connectivity index (χ2v) is 6.85. The number of benzene rings is 1. The van der Waals surface area contributed by atoms with Gasteiger partial charge in [-0.05, 0) is 43.9 Å². The Morgan fingerprint density at radius 2 is 1.88 bits per heavy atom. The van der Waals surface area contributed by atoms with Crippen molar-refractivity contribution >= 4 is 23.5 Å².